The molecule has 0 N–H and O–H groups in total. The first-order valence-corrected chi connectivity index (χ1v) is 9.26. The predicted molar refractivity (Wildman–Crippen MR) is 111 cm³/mol. The zero-order valence-electron chi connectivity index (χ0n) is 15.9. The summed E-state index contributed by atoms with van der Waals surface area (Å²) in [6, 6.07) is 10.8. The van der Waals surface area contributed by atoms with Gasteiger partial charge in [-0.1, -0.05) is 11.6 Å². The summed E-state index contributed by atoms with van der Waals surface area (Å²) in [5.74, 6) is -0.405. The third kappa shape index (κ3) is 4.29. The fourth-order valence-electron chi connectivity index (χ4n) is 2.96. The third-order valence-electron chi connectivity index (χ3n) is 4.53. The van der Waals surface area contributed by atoms with Crippen LogP contribution in [0.1, 0.15) is 12.0 Å². The summed E-state index contributed by atoms with van der Waals surface area (Å²) in [4.78, 5) is 41.5. The van der Waals surface area contributed by atoms with Crippen molar-refractivity contribution < 1.29 is 9.72 Å². The quantitative estimate of drug-likeness (QED) is 0.441. The van der Waals surface area contributed by atoms with Crippen LogP contribution in [0, 0.1) is 28.4 Å². The van der Waals surface area contributed by atoms with Crippen molar-refractivity contribution in [2.24, 2.45) is 0 Å². The van der Waals surface area contributed by atoms with E-state index in [2.05, 4.69) is 4.98 Å². The van der Waals surface area contributed by atoms with Gasteiger partial charge in [0.1, 0.15) is 6.54 Å². The van der Waals surface area contributed by atoms with Crippen molar-refractivity contribution >= 4 is 39.8 Å². The summed E-state index contributed by atoms with van der Waals surface area (Å²) in [6.07, 6.45) is 1.30. The Hall–Kier alpha value is -3.77. The van der Waals surface area contributed by atoms with Crippen LogP contribution in [0.4, 0.5) is 11.4 Å². The molecule has 152 valence electrons. The maximum atomic E-state index is 13.0. The van der Waals surface area contributed by atoms with E-state index in [-0.39, 0.29) is 36.1 Å². The number of hydrogen-bond acceptors (Lipinski definition) is 6. The molecule has 0 aliphatic heterocycles. The highest BCUT2D eigenvalue weighted by Gasteiger charge is 2.18. The molecule has 0 saturated carbocycles. The second-order valence-electron chi connectivity index (χ2n) is 6.52. The number of nitro groups is 1. The zero-order valence-corrected chi connectivity index (χ0v) is 16.7. The maximum Gasteiger partial charge on any atom is 0.271 e. The van der Waals surface area contributed by atoms with Gasteiger partial charge in [0.05, 0.1) is 34.6 Å². The monoisotopic (exact) mass is 425 g/mol. The Bertz CT molecular complexity index is 1250. The number of nitriles is 1. The zero-order chi connectivity index (χ0) is 21.8. The topological polar surface area (TPSA) is 122 Å². The van der Waals surface area contributed by atoms with Crippen molar-refractivity contribution in [3.8, 4) is 6.07 Å². The molecule has 0 aliphatic carbocycles. The van der Waals surface area contributed by atoms with Gasteiger partial charge in [0.25, 0.3) is 11.2 Å². The minimum Gasteiger partial charge on any atom is -0.310 e. The molecule has 3 rings (SSSR count). The number of nitrogens with zero attached hydrogens (tertiary/aromatic N) is 5. The number of fused-ring (bicyclic) bond motifs is 1. The number of aromatic nitrogens is 2. The fraction of sp³-hybridized carbons (Fsp3) is 0.200. The SMILES string of the molecule is Cc1cc(N(CCC#N)C(=O)Cn2cnc3cc([N+](=O)[O-])ccc3c2=O)ccc1Cl. The Kier molecular flexibility index (Phi) is 6.09. The molecule has 0 spiro atoms. The van der Waals surface area contributed by atoms with Crippen LogP contribution < -0.4 is 10.5 Å². The van der Waals surface area contributed by atoms with Gasteiger partial charge in [0.15, 0.2) is 0 Å². The summed E-state index contributed by atoms with van der Waals surface area (Å²) >= 11 is 6.05. The van der Waals surface area contributed by atoms with E-state index < -0.39 is 16.4 Å². The van der Waals surface area contributed by atoms with Gasteiger partial charge in [0.2, 0.25) is 5.91 Å². The molecule has 3 aromatic rings. The van der Waals surface area contributed by atoms with E-state index in [1.54, 1.807) is 25.1 Å². The predicted octanol–water partition coefficient (Wildman–Crippen LogP) is 3.21. The lowest BCUT2D eigenvalue weighted by molar-refractivity contribution is -0.384. The number of hydrogen-bond donors (Lipinski definition) is 0. The lowest BCUT2D eigenvalue weighted by Crippen LogP contribution is -2.37. The standard InChI is InChI=1S/C20H16ClN5O4/c1-13-9-14(4-6-17(13)21)25(8-2-7-22)19(27)11-24-12-23-18-10-15(26(29)30)3-5-16(18)20(24)28/h3-6,9-10,12H,2,8,11H2,1H3. The number of benzene rings is 2. The van der Waals surface area contributed by atoms with Crippen LogP contribution in [-0.2, 0) is 11.3 Å². The number of carbonyl (C=O) groups is 1. The van der Waals surface area contributed by atoms with Crippen molar-refractivity contribution in [3.63, 3.8) is 0 Å². The Balaban J connectivity index is 1.94. The van der Waals surface area contributed by atoms with Crippen molar-refractivity contribution in [3.05, 3.63) is 73.8 Å². The lowest BCUT2D eigenvalue weighted by atomic mass is 10.2. The van der Waals surface area contributed by atoms with E-state index in [1.165, 1.54) is 29.4 Å². The van der Waals surface area contributed by atoms with Gasteiger partial charge in [-0.3, -0.25) is 24.3 Å². The number of non-ortho nitro benzene ring substituents is 1. The summed E-state index contributed by atoms with van der Waals surface area (Å²) < 4.78 is 1.14. The van der Waals surface area contributed by atoms with Gasteiger partial charge in [-0.15, -0.1) is 0 Å². The molecule has 0 radical (unpaired) electrons. The molecule has 0 atom stereocenters. The summed E-state index contributed by atoms with van der Waals surface area (Å²) in [5.41, 5.74) is 0.844. The van der Waals surface area contributed by atoms with E-state index in [4.69, 9.17) is 16.9 Å². The molecule has 2 aromatic carbocycles. The smallest absolute Gasteiger partial charge is 0.271 e. The number of aryl methyl sites for hydroxylation is 1. The summed E-state index contributed by atoms with van der Waals surface area (Å²) in [5, 5.41) is 20.5. The van der Waals surface area contributed by atoms with Crippen molar-refractivity contribution in [2.45, 2.75) is 19.9 Å². The second kappa shape index (κ2) is 8.71. The van der Waals surface area contributed by atoms with E-state index >= 15 is 0 Å². The highest BCUT2D eigenvalue weighted by molar-refractivity contribution is 6.31. The Morgan fingerprint density at radius 1 is 1.33 bits per heavy atom. The number of amides is 1. The van der Waals surface area contributed by atoms with Gasteiger partial charge in [-0.05, 0) is 36.8 Å². The van der Waals surface area contributed by atoms with Gasteiger partial charge in [-0.2, -0.15) is 5.26 Å². The molecule has 1 aromatic heterocycles. The average molecular weight is 426 g/mol. The number of carbonyl (C=O) groups excluding carboxylic acids is 1. The van der Waals surface area contributed by atoms with Crippen molar-refractivity contribution in [2.75, 3.05) is 11.4 Å². The van der Waals surface area contributed by atoms with Crippen molar-refractivity contribution in [1.82, 2.24) is 9.55 Å². The second-order valence-corrected chi connectivity index (χ2v) is 6.93. The maximum absolute atomic E-state index is 13.0. The van der Waals surface area contributed by atoms with E-state index in [0.717, 1.165) is 10.1 Å². The first kappa shape index (κ1) is 21.0. The largest absolute Gasteiger partial charge is 0.310 e. The molecule has 0 unspecified atom stereocenters. The van der Waals surface area contributed by atoms with Crippen LogP contribution in [0.2, 0.25) is 5.02 Å². The third-order valence-corrected chi connectivity index (χ3v) is 4.95. The molecule has 10 heteroatoms. The normalized spacial score (nSPS) is 10.6. The van der Waals surface area contributed by atoms with Gasteiger partial charge in [0, 0.05) is 29.4 Å². The molecule has 0 aliphatic rings. The highest BCUT2D eigenvalue weighted by Crippen LogP contribution is 2.23. The first-order valence-electron chi connectivity index (χ1n) is 8.89. The fourth-order valence-corrected chi connectivity index (χ4v) is 3.08. The molecule has 9 nitrogen and oxygen atoms in total. The number of halogens is 1. The number of rotatable bonds is 6. The van der Waals surface area contributed by atoms with Crippen LogP contribution in [0.15, 0.2) is 47.5 Å². The van der Waals surface area contributed by atoms with E-state index in [1.807, 2.05) is 6.07 Å². The lowest BCUT2D eigenvalue weighted by Gasteiger charge is -2.23. The molecular weight excluding hydrogens is 410 g/mol. The average Bonchev–Trinajstić information content (AvgIpc) is 2.72. The van der Waals surface area contributed by atoms with Crippen LogP contribution >= 0.6 is 11.6 Å². The summed E-state index contributed by atoms with van der Waals surface area (Å²) in [7, 11) is 0. The number of nitro benzene ring substituents is 1. The molecule has 0 fully saturated rings. The van der Waals surface area contributed by atoms with Crippen LogP contribution in [0.25, 0.3) is 10.9 Å². The first-order chi connectivity index (χ1) is 14.3. The molecule has 0 saturated heterocycles. The molecule has 30 heavy (non-hydrogen) atoms. The Morgan fingerprint density at radius 2 is 2.10 bits per heavy atom. The Morgan fingerprint density at radius 3 is 2.77 bits per heavy atom. The van der Waals surface area contributed by atoms with Crippen LogP contribution in [0.5, 0.6) is 0 Å². The van der Waals surface area contributed by atoms with Crippen molar-refractivity contribution in [1.29, 1.82) is 5.26 Å². The van der Waals surface area contributed by atoms with Gasteiger partial charge < -0.3 is 4.90 Å². The van der Waals surface area contributed by atoms with Crippen LogP contribution in [-0.4, -0.2) is 26.9 Å². The van der Waals surface area contributed by atoms with E-state index in [9.17, 15) is 19.7 Å². The molecular formula is C20H16ClN5O4. The van der Waals surface area contributed by atoms with E-state index in [0.29, 0.717) is 10.7 Å². The highest BCUT2D eigenvalue weighted by atomic mass is 35.5. The van der Waals surface area contributed by atoms with Gasteiger partial charge in [-0.25, -0.2) is 4.98 Å². The Labute approximate surface area is 175 Å². The van der Waals surface area contributed by atoms with Crippen LogP contribution in [0.3, 0.4) is 0 Å². The summed E-state index contributed by atoms with van der Waals surface area (Å²) in [6.45, 7) is 1.65. The van der Waals surface area contributed by atoms with Gasteiger partial charge >= 0.3 is 0 Å². The minimum absolute atomic E-state index is 0.113. The minimum atomic E-state index is -0.572. The molecule has 1 heterocycles. The molecule has 0 bridgehead atoms. The number of anilines is 1. The molecule has 1 amide bonds.